The minimum atomic E-state index is -3.50. The fourth-order valence-corrected chi connectivity index (χ4v) is 5.29. The maximum atomic E-state index is 12.7. The summed E-state index contributed by atoms with van der Waals surface area (Å²) >= 11 is 1.46. The molecule has 2 aromatic carbocycles. The number of nitrogens with zero attached hydrogens (tertiary/aromatic N) is 5. The Morgan fingerprint density at radius 1 is 1.10 bits per heavy atom. The first-order valence-electron chi connectivity index (χ1n) is 9.60. The average molecular weight is 443 g/mol. The number of sulfonamides is 1. The number of benzene rings is 2. The number of aromatic nitrogens is 5. The van der Waals surface area contributed by atoms with Crippen LogP contribution < -0.4 is 0 Å². The fraction of sp³-hybridized carbons (Fsp3) is 0.250. The molecule has 0 aliphatic carbocycles. The van der Waals surface area contributed by atoms with Crippen LogP contribution in [0.3, 0.4) is 0 Å². The molecule has 2 aromatic heterocycles. The largest absolute Gasteiger partial charge is 0.341 e. The lowest BCUT2D eigenvalue weighted by Crippen LogP contribution is -2.30. The molecule has 0 aliphatic rings. The normalized spacial score (nSPS) is 12.1. The summed E-state index contributed by atoms with van der Waals surface area (Å²) in [6.07, 6.45) is 1.68. The van der Waals surface area contributed by atoms with Gasteiger partial charge in [0.05, 0.1) is 27.4 Å². The molecule has 0 saturated carbocycles. The number of thioether (sulfide) groups is 1. The van der Waals surface area contributed by atoms with E-state index in [1.165, 1.54) is 16.1 Å². The first-order valence-corrected chi connectivity index (χ1v) is 12.0. The van der Waals surface area contributed by atoms with Crippen LogP contribution in [0.15, 0.2) is 64.9 Å². The lowest BCUT2D eigenvalue weighted by atomic mass is 10.3. The van der Waals surface area contributed by atoms with E-state index in [-0.39, 0.29) is 4.90 Å². The second-order valence-electron chi connectivity index (χ2n) is 6.55. The maximum absolute atomic E-state index is 12.7. The van der Waals surface area contributed by atoms with Gasteiger partial charge in [0.25, 0.3) is 0 Å². The van der Waals surface area contributed by atoms with Gasteiger partial charge in [-0.3, -0.25) is 0 Å². The third kappa shape index (κ3) is 4.11. The fourth-order valence-electron chi connectivity index (χ4n) is 3.14. The third-order valence-corrected chi connectivity index (χ3v) is 7.58. The predicted octanol–water partition coefficient (Wildman–Crippen LogP) is 3.47. The molecule has 156 valence electrons. The zero-order valence-corrected chi connectivity index (χ0v) is 18.3. The molecule has 2 heterocycles. The van der Waals surface area contributed by atoms with E-state index >= 15 is 0 Å². The number of rotatable bonds is 8. The van der Waals surface area contributed by atoms with E-state index in [0.29, 0.717) is 29.5 Å². The minimum Gasteiger partial charge on any atom is -0.341 e. The van der Waals surface area contributed by atoms with Gasteiger partial charge in [-0.2, -0.15) is 4.31 Å². The van der Waals surface area contributed by atoms with E-state index in [9.17, 15) is 8.42 Å². The summed E-state index contributed by atoms with van der Waals surface area (Å²) in [6, 6.07) is 14.8. The maximum Gasteiger partial charge on any atom is 0.243 e. The molecule has 4 aromatic rings. The number of hydrogen-bond donors (Lipinski definition) is 1. The highest BCUT2D eigenvalue weighted by atomic mass is 32.2. The van der Waals surface area contributed by atoms with Crippen LogP contribution in [-0.4, -0.2) is 50.5 Å². The second-order valence-corrected chi connectivity index (χ2v) is 9.43. The van der Waals surface area contributed by atoms with Crippen LogP contribution in [0, 0.1) is 0 Å². The van der Waals surface area contributed by atoms with Gasteiger partial charge in [-0.1, -0.05) is 43.8 Å². The molecule has 0 saturated heterocycles. The molecule has 1 N–H and O–H groups in total. The Balaban J connectivity index is 1.50. The van der Waals surface area contributed by atoms with Gasteiger partial charge >= 0.3 is 0 Å². The predicted molar refractivity (Wildman–Crippen MR) is 117 cm³/mol. The Kier molecular flexibility index (Phi) is 5.89. The number of aromatic amines is 1. The number of H-pyrrole nitrogens is 1. The Hall–Kier alpha value is -2.69. The molecular formula is C20H22N6O2S2. The van der Waals surface area contributed by atoms with Crippen molar-refractivity contribution >= 4 is 32.8 Å². The minimum absolute atomic E-state index is 0.268. The van der Waals surface area contributed by atoms with Gasteiger partial charge in [0.1, 0.15) is 12.2 Å². The van der Waals surface area contributed by atoms with Gasteiger partial charge in [-0.15, -0.1) is 5.10 Å². The van der Waals surface area contributed by atoms with Crippen LogP contribution in [0.1, 0.15) is 19.7 Å². The van der Waals surface area contributed by atoms with Gasteiger partial charge in [0.2, 0.25) is 15.2 Å². The van der Waals surface area contributed by atoms with E-state index in [1.807, 2.05) is 44.2 Å². The highest BCUT2D eigenvalue weighted by molar-refractivity contribution is 7.98. The summed E-state index contributed by atoms with van der Waals surface area (Å²) in [7, 11) is -3.50. The molecule has 0 spiro atoms. The van der Waals surface area contributed by atoms with Gasteiger partial charge in [-0.25, -0.2) is 23.1 Å². The van der Waals surface area contributed by atoms with Crippen molar-refractivity contribution in [3.63, 3.8) is 0 Å². The molecule has 8 nitrogen and oxygen atoms in total. The van der Waals surface area contributed by atoms with Gasteiger partial charge in [0, 0.05) is 13.1 Å². The Morgan fingerprint density at radius 3 is 2.60 bits per heavy atom. The zero-order valence-electron chi connectivity index (χ0n) is 16.7. The van der Waals surface area contributed by atoms with Crippen LogP contribution in [0.25, 0.3) is 16.7 Å². The summed E-state index contributed by atoms with van der Waals surface area (Å²) in [5.41, 5.74) is 2.37. The van der Waals surface area contributed by atoms with Crippen LogP contribution >= 0.6 is 11.8 Å². The molecule has 0 amide bonds. The number of imidazole rings is 1. The Bertz CT molecular complexity index is 1250. The summed E-state index contributed by atoms with van der Waals surface area (Å²) in [5.74, 6) is 1.29. The smallest absolute Gasteiger partial charge is 0.243 e. The van der Waals surface area contributed by atoms with Crippen molar-refractivity contribution in [2.45, 2.75) is 29.7 Å². The van der Waals surface area contributed by atoms with E-state index < -0.39 is 10.0 Å². The van der Waals surface area contributed by atoms with Gasteiger partial charge in [-0.05, 0) is 30.3 Å². The van der Waals surface area contributed by atoms with Gasteiger partial charge in [0.15, 0.2) is 0 Å². The number of para-hydroxylation sites is 1. The van der Waals surface area contributed by atoms with Crippen molar-refractivity contribution in [3.8, 4) is 5.69 Å². The van der Waals surface area contributed by atoms with Crippen molar-refractivity contribution < 1.29 is 8.42 Å². The molecule has 0 bridgehead atoms. The second kappa shape index (κ2) is 8.58. The zero-order chi connectivity index (χ0) is 21.1. The van der Waals surface area contributed by atoms with Crippen molar-refractivity contribution in [2.24, 2.45) is 0 Å². The lowest BCUT2D eigenvalue weighted by molar-refractivity contribution is 0.445. The Labute approximate surface area is 179 Å². The highest BCUT2D eigenvalue weighted by Crippen LogP contribution is 2.23. The molecule has 0 radical (unpaired) electrons. The topological polar surface area (TPSA) is 96.8 Å². The van der Waals surface area contributed by atoms with Crippen LogP contribution in [0.5, 0.6) is 0 Å². The highest BCUT2D eigenvalue weighted by Gasteiger charge is 2.22. The first kappa shape index (κ1) is 20.6. The van der Waals surface area contributed by atoms with Crippen molar-refractivity contribution in [1.29, 1.82) is 0 Å². The molecular weight excluding hydrogens is 420 g/mol. The Morgan fingerprint density at radius 2 is 1.87 bits per heavy atom. The molecule has 30 heavy (non-hydrogen) atoms. The molecule has 10 heteroatoms. The summed E-state index contributed by atoms with van der Waals surface area (Å²) in [4.78, 5) is 12.4. The van der Waals surface area contributed by atoms with E-state index in [0.717, 1.165) is 17.0 Å². The van der Waals surface area contributed by atoms with Crippen LogP contribution in [-0.2, 0) is 15.8 Å². The third-order valence-electron chi connectivity index (χ3n) is 4.68. The average Bonchev–Trinajstić information content (AvgIpc) is 3.39. The van der Waals surface area contributed by atoms with E-state index in [4.69, 9.17) is 0 Å². The molecule has 0 fully saturated rings. The lowest BCUT2D eigenvalue weighted by Gasteiger charge is -2.18. The number of nitrogens with one attached hydrogen (secondary N) is 1. The number of hydrogen-bond acceptors (Lipinski definition) is 6. The van der Waals surface area contributed by atoms with Crippen molar-refractivity contribution in [1.82, 2.24) is 29.0 Å². The van der Waals surface area contributed by atoms with Gasteiger partial charge < -0.3 is 4.98 Å². The standard InChI is InChI=1S/C20H22N6O2S2/c1-3-25(4-2)30(27,28)16-10-11-17-18(12-16)23-19(22-17)13-29-20-21-14-26(24-20)15-8-6-5-7-9-15/h5-12,14H,3-4,13H2,1-2H3,(H,22,23). The molecule has 4 rings (SSSR count). The summed E-state index contributed by atoms with van der Waals surface area (Å²) in [6.45, 7) is 4.53. The SMILES string of the molecule is CCN(CC)S(=O)(=O)c1ccc2nc(CSc3ncn(-c4ccccc4)n3)[nH]c2c1. The molecule has 0 atom stereocenters. The molecule has 0 unspecified atom stereocenters. The van der Waals surface area contributed by atoms with Crippen molar-refractivity contribution in [3.05, 3.63) is 60.7 Å². The van der Waals surface area contributed by atoms with Crippen LogP contribution in [0.2, 0.25) is 0 Å². The summed E-state index contributed by atoms with van der Waals surface area (Å²) < 4.78 is 28.7. The van der Waals surface area contributed by atoms with Crippen LogP contribution in [0.4, 0.5) is 0 Å². The summed E-state index contributed by atoms with van der Waals surface area (Å²) in [5, 5.41) is 5.12. The monoisotopic (exact) mass is 442 g/mol. The number of fused-ring (bicyclic) bond motifs is 1. The van der Waals surface area contributed by atoms with E-state index in [1.54, 1.807) is 29.2 Å². The van der Waals surface area contributed by atoms with E-state index in [2.05, 4.69) is 20.1 Å². The first-order chi connectivity index (χ1) is 14.5. The molecule has 0 aliphatic heterocycles. The van der Waals surface area contributed by atoms with Crippen molar-refractivity contribution in [2.75, 3.05) is 13.1 Å². The quantitative estimate of drug-likeness (QED) is 0.420.